The average Bonchev–Trinajstić information content (AvgIpc) is 2.55. The van der Waals surface area contributed by atoms with Crippen LogP contribution in [0.1, 0.15) is 28.9 Å². The maximum atomic E-state index is 12.9. The lowest BCUT2D eigenvalue weighted by atomic mass is 10.1. The molecule has 0 saturated heterocycles. The van der Waals surface area contributed by atoms with Gasteiger partial charge in [-0.25, -0.2) is 4.39 Å². The second-order valence-corrected chi connectivity index (χ2v) is 4.99. The highest BCUT2D eigenvalue weighted by molar-refractivity contribution is 5.95. The molecule has 0 spiro atoms. The Morgan fingerprint density at radius 2 is 1.75 bits per heavy atom. The Kier molecular flexibility index (Phi) is 5.68. The van der Waals surface area contributed by atoms with Gasteiger partial charge in [-0.3, -0.25) is 4.79 Å². The second kappa shape index (κ2) is 7.72. The molecular weight excluding hydrogens is 323 g/mol. The van der Waals surface area contributed by atoms with E-state index >= 15 is 0 Å². The highest BCUT2D eigenvalue weighted by atomic mass is 19.3. The van der Waals surface area contributed by atoms with Crippen LogP contribution in [0, 0.1) is 5.82 Å². The SMILES string of the molecule is COc1cc(C(=O)N[C@@H](C)c2ccc(F)cc2)ccc1OC(F)F. The van der Waals surface area contributed by atoms with E-state index in [1.165, 1.54) is 37.4 Å². The summed E-state index contributed by atoms with van der Waals surface area (Å²) in [5.41, 5.74) is 0.955. The van der Waals surface area contributed by atoms with Crippen LogP contribution >= 0.6 is 0 Å². The number of nitrogens with one attached hydrogen (secondary N) is 1. The van der Waals surface area contributed by atoms with Crippen LogP contribution in [0.3, 0.4) is 0 Å². The second-order valence-electron chi connectivity index (χ2n) is 4.99. The topological polar surface area (TPSA) is 47.6 Å². The molecule has 24 heavy (non-hydrogen) atoms. The van der Waals surface area contributed by atoms with E-state index in [9.17, 15) is 18.0 Å². The lowest BCUT2D eigenvalue weighted by Gasteiger charge is -2.15. The number of ether oxygens (including phenoxy) is 2. The number of amides is 1. The first-order valence-corrected chi connectivity index (χ1v) is 7.10. The fraction of sp³-hybridized carbons (Fsp3) is 0.235. The third kappa shape index (κ3) is 4.41. The average molecular weight is 339 g/mol. The maximum Gasteiger partial charge on any atom is 0.387 e. The number of hydrogen-bond acceptors (Lipinski definition) is 3. The highest BCUT2D eigenvalue weighted by Crippen LogP contribution is 2.29. The van der Waals surface area contributed by atoms with Crippen LogP contribution in [-0.2, 0) is 0 Å². The van der Waals surface area contributed by atoms with E-state index < -0.39 is 12.5 Å². The van der Waals surface area contributed by atoms with E-state index in [4.69, 9.17) is 4.74 Å². The Morgan fingerprint density at radius 1 is 1.08 bits per heavy atom. The molecule has 0 radical (unpaired) electrons. The zero-order chi connectivity index (χ0) is 17.7. The summed E-state index contributed by atoms with van der Waals surface area (Å²) in [5.74, 6) is -0.918. The third-order valence-electron chi connectivity index (χ3n) is 3.36. The van der Waals surface area contributed by atoms with Gasteiger partial charge < -0.3 is 14.8 Å². The molecule has 7 heteroatoms. The molecular formula is C17H16F3NO3. The van der Waals surface area contributed by atoms with Gasteiger partial charge in [0.25, 0.3) is 5.91 Å². The fourth-order valence-electron chi connectivity index (χ4n) is 2.12. The number of rotatable bonds is 6. The van der Waals surface area contributed by atoms with Crippen molar-refractivity contribution in [1.82, 2.24) is 5.32 Å². The van der Waals surface area contributed by atoms with Gasteiger partial charge in [0.05, 0.1) is 13.2 Å². The predicted molar refractivity (Wildman–Crippen MR) is 81.9 cm³/mol. The summed E-state index contributed by atoms with van der Waals surface area (Å²) < 4.78 is 46.8. The Labute approximate surface area is 137 Å². The Bertz CT molecular complexity index is 705. The smallest absolute Gasteiger partial charge is 0.387 e. The van der Waals surface area contributed by atoms with Gasteiger partial charge in [-0.2, -0.15) is 8.78 Å². The molecule has 0 heterocycles. The van der Waals surface area contributed by atoms with Gasteiger partial charge in [0.2, 0.25) is 0 Å². The van der Waals surface area contributed by atoms with Gasteiger partial charge in [0, 0.05) is 5.56 Å². The Balaban J connectivity index is 2.12. The first-order valence-electron chi connectivity index (χ1n) is 7.10. The third-order valence-corrected chi connectivity index (χ3v) is 3.36. The standard InChI is InChI=1S/C17H16F3NO3/c1-10(11-3-6-13(18)7-4-11)21-16(22)12-5-8-14(24-17(19)20)15(9-12)23-2/h3-10,17H,1-2H3,(H,21,22)/t10-/m0/s1. The van der Waals surface area contributed by atoms with E-state index in [1.54, 1.807) is 19.1 Å². The number of hydrogen-bond donors (Lipinski definition) is 1. The molecule has 2 aromatic carbocycles. The minimum Gasteiger partial charge on any atom is -0.493 e. The van der Waals surface area contributed by atoms with Crippen LogP contribution in [0.4, 0.5) is 13.2 Å². The lowest BCUT2D eigenvalue weighted by Crippen LogP contribution is -2.26. The molecule has 2 rings (SSSR count). The van der Waals surface area contributed by atoms with Crippen molar-refractivity contribution in [3.8, 4) is 11.5 Å². The van der Waals surface area contributed by atoms with Crippen LogP contribution in [0.15, 0.2) is 42.5 Å². The minimum absolute atomic E-state index is 0.0254. The summed E-state index contributed by atoms with van der Waals surface area (Å²) in [6, 6.07) is 9.29. The van der Waals surface area contributed by atoms with Crippen molar-refractivity contribution in [1.29, 1.82) is 0 Å². The molecule has 128 valence electrons. The van der Waals surface area contributed by atoms with Gasteiger partial charge in [-0.1, -0.05) is 12.1 Å². The number of carbonyl (C=O) groups excluding carboxylic acids is 1. The van der Waals surface area contributed by atoms with Gasteiger partial charge in [0.15, 0.2) is 11.5 Å². The number of alkyl halides is 2. The molecule has 0 fully saturated rings. The van der Waals surface area contributed by atoms with Crippen molar-refractivity contribution >= 4 is 5.91 Å². The molecule has 0 aliphatic carbocycles. The van der Waals surface area contributed by atoms with Crippen LogP contribution in [-0.4, -0.2) is 19.6 Å². The molecule has 0 aromatic heterocycles. The number of carbonyl (C=O) groups is 1. The van der Waals surface area contributed by atoms with E-state index in [0.717, 1.165) is 5.56 Å². The van der Waals surface area contributed by atoms with Crippen molar-refractivity contribution in [2.24, 2.45) is 0 Å². The van der Waals surface area contributed by atoms with Gasteiger partial charge in [-0.05, 0) is 42.8 Å². The van der Waals surface area contributed by atoms with Crippen LogP contribution < -0.4 is 14.8 Å². The molecule has 1 amide bonds. The van der Waals surface area contributed by atoms with E-state index in [1.807, 2.05) is 0 Å². The molecule has 0 bridgehead atoms. The van der Waals surface area contributed by atoms with Gasteiger partial charge >= 0.3 is 6.61 Å². The van der Waals surface area contributed by atoms with Crippen LogP contribution in [0.5, 0.6) is 11.5 Å². The first-order chi connectivity index (χ1) is 11.4. The van der Waals surface area contributed by atoms with Crippen molar-refractivity contribution < 1.29 is 27.4 Å². The summed E-state index contributed by atoms with van der Waals surface area (Å²) in [6.07, 6.45) is 0. The Hall–Kier alpha value is -2.70. The zero-order valence-electron chi connectivity index (χ0n) is 13.1. The van der Waals surface area contributed by atoms with Gasteiger partial charge in [-0.15, -0.1) is 0 Å². The normalized spacial score (nSPS) is 11.9. The van der Waals surface area contributed by atoms with Gasteiger partial charge in [0.1, 0.15) is 5.82 Å². The van der Waals surface area contributed by atoms with Crippen molar-refractivity contribution in [2.75, 3.05) is 7.11 Å². The molecule has 0 aliphatic rings. The summed E-state index contributed by atoms with van der Waals surface area (Å²) in [7, 11) is 1.29. The summed E-state index contributed by atoms with van der Waals surface area (Å²) in [5, 5.41) is 2.74. The van der Waals surface area contributed by atoms with Crippen LogP contribution in [0.2, 0.25) is 0 Å². The molecule has 0 unspecified atom stereocenters. The molecule has 0 aliphatic heterocycles. The molecule has 0 saturated carbocycles. The fourth-order valence-corrected chi connectivity index (χ4v) is 2.12. The molecule has 4 nitrogen and oxygen atoms in total. The van der Waals surface area contributed by atoms with E-state index in [2.05, 4.69) is 10.1 Å². The number of methoxy groups -OCH3 is 1. The highest BCUT2D eigenvalue weighted by Gasteiger charge is 2.16. The van der Waals surface area contributed by atoms with E-state index in [-0.39, 0.29) is 28.9 Å². The first kappa shape index (κ1) is 17.7. The van der Waals surface area contributed by atoms with Crippen LogP contribution in [0.25, 0.3) is 0 Å². The maximum absolute atomic E-state index is 12.9. The molecule has 1 atom stereocenters. The zero-order valence-corrected chi connectivity index (χ0v) is 13.1. The quantitative estimate of drug-likeness (QED) is 0.867. The van der Waals surface area contributed by atoms with Crippen molar-refractivity contribution in [3.63, 3.8) is 0 Å². The van der Waals surface area contributed by atoms with Crippen molar-refractivity contribution in [2.45, 2.75) is 19.6 Å². The summed E-state index contributed by atoms with van der Waals surface area (Å²) in [4.78, 5) is 12.3. The summed E-state index contributed by atoms with van der Waals surface area (Å²) in [6.45, 7) is -1.24. The minimum atomic E-state index is -2.99. The predicted octanol–water partition coefficient (Wildman–Crippen LogP) is 3.93. The Morgan fingerprint density at radius 3 is 2.33 bits per heavy atom. The van der Waals surface area contributed by atoms with E-state index in [0.29, 0.717) is 0 Å². The number of halogens is 3. The summed E-state index contributed by atoms with van der Waals surface area (Å²) >= 11 is 0. The lowest BCUT2D eigenvalue weighted by molar-refractivity contribution is -0.0512. The largest absolute Gasteiger partial charge is 0.493 e. The monoisotopic (exact) mass is 339 g/mol. The number of benzene rings is 2. The van der Waals surface area contributed by atoms with Crippen molar-refractivity contribution in [3.05, 3.63) is 59.4 Å². The molecule has 2 aromatic rings. The molecule has 1 N–H and O–H groups in total.